The normalized spacial score (nSPS) is 11.7. The number of thiophene rings is 1. The second kappa shape index (κ2) is 11.3. The Hall–Kier alpha value is -6.02. The van der Waals surface area contributed by atoms with Crippen LogP contribution < -0.4 is 0 Å². The Morgan fingerprint density at radius 1 is 0.245 bits per heavy atom. The zero-order chi connectivity index (χ0) is 32.3. The maximum atomic E-state index is 2.38. The minimum absolute atomic E-state index is 1.23. The van der Waals surface area contributed by atoms with Crippen LogP contribution in [0.5, 0.6) is 0 Å². The molecule has 0 unspecified atom stereocenters. The topological polar surface area (TPSA) is 0 Å². The van der Waals surface area contributed by atoms with Crippen molar-refractivity contribution in [2.45, 2.75) is 0 Å². The molecule has 0 fully saturated rings. The molecule has 0 bridgehead atoms. The highest BCUT2D eigenvalue weighted by Gasteiger charge is 2.17. The smallest absolute Gasteiger partial charge is 0.0361 e. The summed E-state index contributed by atoms with van der Waals surface area (Å²) < 4.78 is 2.67. The number of fused-ring (bicyclic) bond motifs is 6. The molecular formula is C48H30S. The number of hydrogen-bond acceptors (Lipinski definition) is 1. The molecule has 0 spiro atoms. The third-order valence-electron chi connectivity index (χ3n) is 10.0. The zero-order valence-electron chi connectivity index (χ0n) is 26.7. The van der Waals surface area contributed by atoms with Crippen LogP contribution in [0.25, 0.3) is 97.0 Å². The van der Waals surface area contributed by atoms with Gasteiger partial charge in [-0.2, -0.15) is 0 Å². The molecule has 0 N–H and O–H groups in total. The summed E-state index contributed by atoms with van der Waals surface area (Å²) in [5, 5.41) is 10.3. The molecule has 10 aromatic rings. The van der Waals surface area contributed by atoms with Crippen molar-refractivity contribution in [3.63, 3.8) is 0 Å². The first-order valence-electron chi connectivity index (χ1n) is 16.8. The van der Waals surface area contributed by atoms with E-state index < -0.39 is 0 Å². The second-order valence-electron chi connectivity index (χ2n) is 12.9. The van der Waals surface area contributed by atoms with Crippen molar-refractivity contribution in [2.75, 3.05) is 0 Å². The van der Waals surface area contributed by atoms with Gasteiger partial charge in [-0.3, -0.25) is 0 Å². The maximum absolute atomic E-state index is 2.38. The van der Waals surface area contributed by atoms with Gasteiger partial charge >= 0.3 is 0 Å². The number of benzene rings is 9. The van der Waals surface area contributed by atoms with E-state index in [1.54, 1.807) is 0 Å². The molecule has 0 amide bonds. The Kier molecular flexibility index (Phi) is 6.47. The number of hydrogen-bond donors (Lipinski definition) is 0. The maximum Gasteiger partial charge on any atom is 0.0361 e. The molecule has 1 heterocycles. The predicted octanol–water partition coefficient (Wildman–Crippen LogP) is 14.2. The molecule has 0 aliphatic rings. The van der Waals surface area contributed by atoms with Gasteiger partial charge in [0.25, 0.3) is 0 Å². The fourth-order valence-electron chi connectivity index (χ4n) is 7.73. The van der Waals surface area contributed by atoms with Gasteiger partial charge in [0.1, 0.15) is 0 Å². The lowest BCUT2D eigenvalue weighted by Gasteiger charge is -2.18. The van der Waals surface area contributed by atoms with Crippen molar-refractivity contribution in [1.82, 2.24) is 0 Å². The molecule has 9 aromatic carbocycles. The SMILES string of the molecule is c1cc(-c2ccc3ccccc3c2)cc(-c2c3ccccc3c(-c3cccc(-c4ccc5c(c4)sc4ccccc45)c3)c3ccccc23)c1. The van der Waals surface area contributed by atoms with Crippen molar-refractivity contribution < 1.29 is 0 Å². The van der Waals surface area contributed by atoms with Gasteiger partial charge in [-0.15, -0.1) is 11.3 Å². The lowest BCUT2D eigenvalue weighted by atomic mass is 9.85. The van der Waals surface area contributed by atoms with Gasteiger partial charge in [-0.1, -0.05) is 152 Å². The van der Waals surface area contributed by atoms with E-state index in [-0.39, 0.29) is 0 Å². The Morgan fingerprint density at radius 2 is 0.694 bits per heavy atom. The first kappa shape index (κ1) is 28.0. The molecule has 0 radical (unpaired) electrons. The molecule has 0 saturated carbocycles. The first-order chi connectivity index (χ1) is 24.3. The monoisotopic (exact) mass is 638 g/mol. The molecule has 0 nitrogen and oxygen atoms in total. The van der Waals surface area contributed by atoms with Crippen LogP contribution in [0.1, 0.15) is 0 Å². The van der Waals surface area contributed by atoms with E-state index in [1.807, 2.05) is 11.3 Å². The van der Waals surface area contributed by atoms with Crippen LogP contribution in [0.2, 0.25) is 0 Å². The Balaban J connectivity index is 1.15. The minimum atomic E-state index is 1.23. The van der Waals surface area contributed by atoms with Gasteiger partial charge in [0.15, 0.2) is 0 Å². The fraction of sp³-hybridized carbons (Fsp3) is 0. The highest BCUT2D eigenvalue weighted by molar-refractivity contribution is 7.25. The fourth-order valence-corrected chi connectivity index (χ4v) is 8.88. The Morgan fingerprint density at radius 3 is 1.33 bits per heavy atom. The first-order valence-corrected chi connectivity index (χ1v) is 17.7. The third kappa shape index (κ3) is 4.66. The van der Waals surface area contributed by atoms with Crippen LogP contribution in [-0.4, -0.2) is 0 Å². The van der Waals surface area contributed by atoms with E-state index >= 15 is 0 Å². The quantitative estimate of drug-likeness (QED) is 0.168. The van der Waals surface area contributed by atoms with Gasteiger partial charge < -0.3 is 0 Å². The summed E-state index contributed by atoms with van der Waals surface area (Å²) in [6.07, 6.45) is 0. The van der Waals surface area contributed by atoms with Crippen molar-refractivity contribution >= 4 is 63.8 Å². The molecule has 228 valence electrons. The largest absolute Gasteiger partial charge is 0.135 e. The summed E-state index contributed by atoms with van der Waals surface area (Å²) in [6.45, 7) is 0. The van der Waals surface area contributed by atoms with Crippen LogP contribution in [0, 0.1) is 0 Å². The van der Waals surface area contributed by atoms with Crippen LogP contribution >= 0.6 is 11.3 Å². The molecule has 1 aromatic heterocycles. The Bertz CT molecular complexity index is 2830. The second-order valence-corrected chi connectivity index (χ2v) is 14.0. The summed E-state index contributed by atoms with van der Waals surface area (Å²) in [5.41, 5.74) is 9.97. The lowest BCUT2D eigenvalue weighted by molar-refractivity contribution is 1.62. The average molecular weight is 639 g/mol. The van der Waals surface area contributed by atoms with Crippen LogP contribution in [0.15, 0.2) is 182 Å². The lowest BCUT2D eigenvalue weighted by Crippen LogP contribution is -1.91. The molecular weight excluding hydrogens is 609 g/mol. The van der Waals surface area contributed by atoms with E-state index in [0.717, 1.165) is 0 Å². The van der Waals surface area contributed by atoms with Gasteiger partial charge in [-0.05, 0) is 107 Å². The molecule has 0 atom stereocenters. The van der Waals surface area contributed by atoms with E-state index in [2.05, 4.69) is 182 Å². The van der Waals surface area contributed by atoms with Crippen molar-refractivity contribution in [3.05, 3.63) is 182 Å². The standard InChI is InChI=1S/C48H30S/c1-2-12-32-27-35(24-23-31(32)11-1)33-13-9-15-37(28-33)47-41-18-3-5-20-43(41)48(44-21-6-4-19-42(44)47)38-16-10-14-34(29-38)36-25-26-40-39-17-7-8-22-45(39)49-46(40)30-36/h1-30H. The molecule has 10 rings (SSSR count). The average Bonchev–Trinajstić information content (AvgIpc) is 3.55. The molecule has 0 saturated heterocycles. The van der Waals surface area contributed by atoms with E-state index in [1.165, 1.54) is 97.0 Å². The van der Waals surface area contributed by atoms with E-state index in [0.29, 0.717) is 0 Å². The van der Waals surface area contributed by atoms with Gasteiger partial charge in [0.05, 0.1) is 0 Å². The molecule has 0 aliphatic heterocycles. The van der Waals surface area contributed by atoms with E-state index in [4.69, 9.17) is 0 Å². The van der Waals surface area contributed by atoms with Crippen LogP contribution in [0.4, 0.5) is 0 Å². The van der Waals surface area contributed by atoms with Crippen molar-refractivity contribution in [1.29, 1.82) is 0 Å². The summed E-state index contributed by atoms with van der Waals surface area (Å²) in [6, 6.07) is 67.1. The van der Waals surface area contributed by atoms with Gasteiger partial charge in [-0.25, -0.2) is 0 Å². The Labute approximate surface area is 289 Å². The highest BCUT2D eigenvalue weighted by Crippen LogP contribution is 2.45. The summed E-state index contributed by atoms with van der Waals surface area (Å²) in [4.78, 5) is 0. The van der Waals surface area contributed by atoms with Crippen LogP contribution in [0.3, 0.4) is 0 Å². The summed E-state index contributed by atoms with van der Waals surface area (Å²) in [5.74, 6) is 0. The third-order valence-corrected chi connectivity index (χ3v) is 11.2. The summed E-state index contributed by atoms with van der Waals surface area (Å²) in [7, 11) is 0. The molecule has 0 aliphatic carbocycles. The van der Waals surface area contributed by atoms with Crippen molar-refractivity contribution in [2.24, 2.45) is 0 Å². The summed E-state index contributed by atoms with van der Waals surface area (Å²) >= 11 is 1.87. The molecule has 1 heteroatoms. The number of rotatable bonds is 4. The minimum Gasteiger partial charge on any atom is -0.135 e. The van der Waals surface area contributed by atoms with Crippen LogP contribution in [-0.2, 0) is 0 Å². The van der Waals surface area contributed by atoms with Crippen molar-refractivity contribution in [3.8, 4) is 44.5 Å². The van der Waals surface area contributed by atoms with Gasteiger partial charge in [0, 0.05) is 20.2 Å². The predicted molar refractivity (Wildman–Crippen MR) is 214 cm³/mol. The molecule has 49 heavy (non-hydrogen) atoms. The zero-order valence-corrected chi connectivity index (χ0v) is 27.5. The van der Waals surface area contributed by atoms with Gasteiger partial charge in [0.2, 0.25) is 0 Å². The van der Waals surface area contributed by atoms with E-state index in [9.17, 15) is 0 Å². The highest BCUT2D eigenvalue weighted by atomic mass is 32.1.